The first kappa shape index (κ1) is 18.7. The molecule has 1 aromatic carbocycles. The lowest BCUT2D eigenvalue weighted by Crippen LogP contribution is -2.49. The Bertz CT molecular complexity index is 580. The standard InChI is InChI=1S/C15H17Br2F3N2O/c1-9(22-6-2-3-10(8-22)15(18,19)20)14(23)21-13-5-4-11(16)7-12(13)17/h4-5,7,9-10H,2-3,6,8H2,1H3,(H,21,23)/t9-,10-/m0/s1. The number of carbonyl (C=O) groups is 1. The molecule has 23 heavy (non-hydrogen) atoms. The van der Waals surface area contributed by atoms with Crippen LogP contribution >= 0.6 is 31.9 Å². The SMILES string of the molecule is C[C@@H](C(=O)Nc1ccc(Br)cc1Br)N1CCC[C@H](C(F)(F)F)C1. The molecule has 0 radical (unpaired) electrons. The first-order valence-electron chi connectivity index (χ1n) is 7.25. The number of nitrogens with one attached hydrogen (secondary N) is 1. The number of anilines is 1. The van der Waals surface area contributed by atoms with Crippen LogP contribution in [0.1, 0.15) is 19.8 Å². The van der Waals surface area contributed by atoms with E-state index in [2.05, 4.69) is 37.2 Å². The van der Waals surface area contributed by atoms with Crippen molar-refractivity contribution >= 4 is 43.5 Å². The smallest absolute Gasteiger partial charge is 0.324 e. The summed E-state index contributed by atoms with van der Waals surface area (Å²) in [6.45, 7) is 2.02. The van der Waals surface area contributed by atoms with Crippen molar-refractivity contribution in [1.29, 1.82) is 0 Å². The molecular formula is C15H17Br2F3N2O. The van der Waals surface area contributed by atoms with Gasteiger partial charge in [-0.3, -0.25) is 9.69 Å². The van der Waals surface area contributed by atoms with Gasteiger partial charge in [0.15, 0.2) is 0 Å². The minimum Gasteiger partial charge on any atom is -0.324 e. The second-order valence-corrected chi connectivity index (χ2v) is 7.44. The molecule has 1 aromatic rings. The molecule has 1 amide bonds. The van der Waals surface area contributed by atoms with E-state index in [4.69, 9.17) is 0 Å². The summed E-state index contributed by atoms with van der Waals surface area (Å²) in [7, 11) is 0. The topological polar surface area (TPSA) is 32.3 Å². The van der Waals surface area contributed by atoms with Crippen molar-refractivity contribution in [2.24, 2.45) is 5.92 Å². The summed E-state index contributed by atoms with van der Waals surface area (Å²) in [5.74, 6) is -1.67. The van der Waals surface area contributed by atoms with Gasteiger partial charge in [0.05, 0.1) is 17.6 Å². The molecule has 1 fully saturated rings. The van der Waals surface area contributed by atoms with Gasteiger partial charge in [0.2, 0.25) is 5.91 Å². The molecule has 0 bridgehead atoms. The van der Waals surface area contributed by atoms with Crippen LogP contribution in [0, 0.1) is 5.92 Å². The first-order valence-corrected chi connectivity index (χ1v) is 8.83. The number of benzene rings is 1. The molecule has 1 aliphatic heterocycles. The highest BCUT2D eigenvalue weighted by Crippen LogP contribution is 2.34. The molecule has 0 spiro atoms. The molecule has 0 saturated carbocycles. The third-order valence-electron chi connectivity index (χ3n) is 4.03. The number of nitrogens with zero attached hydrogens (tertiary/aromatic N) is 1. The van der Waals surface area contributed by atoms with Crippen molar-refractivity contribution in [3.05, 3.63) is 27.1 Å². The largest absolute Gasteiger partial charge is 0.393 e. The minimum absolute atomic E-state index is 0.125. The van der Waals surface area contributed by atoms with Crippen LogP contribution in [0.15, 0.2) is 27.1 Å². The maximum absolute atomic E-state index is 12.9. The van der Waals surface area contributed by atoms with E-state index in [1.807, 2.05) is 0 Å². The average Bonchev–Trinajstić information content (AvgIpc) is 2.48. The van der Waals surface area contributed by atoms with Crippen LogP contribution in [-0.4, -0.2) is 36.1 Å². The minimum atomic E-state index is -4.20. The molecule has 2 atom stereocenters. The molecule has 1 N–H and O–H groups in total. The summed E-state index contributed by atoms with van der Waals surface area (Å²) in [6.07, 6.45) is -3.63. The maximum Gasteiger partial charge on any atom is 0.393 e. The van der Waals surface area contributed by atoms with Gasteiger partial charge in [0, 0.05) is 15.5 Å². The van der Waals surface area contributed by atoms with E-state index in [1.54, 1.807) is 30.0 Å². The monoisotopic (exact) mass is 456 g/mol. The van der Waals surface area contributed by atoms with Crippen LogP contribution in [0.25, 0.3) is 0 Å². The highest BCUT2D eigenvalue weighted by molar-refractivity contribution is 9.11. The Labute approximate surface area is 149 Å². The second kappa shape index (κ2) is 7.53. The van der Waals surface area contributed by atoms with Crippen LogP contribution in [0.4, 0.5) is 18.9 Å². The zero-order valence-corrected chi connectivity index (χ0v) is 15.6. The normalized spacial score (nSPS) is 21.0. The van der Waals surface area contributed by atoms with Gasteiger partial charge < -0.3 is 5.32 Å². The predicted octanol–water partition coefficient (Wildman–Crippen LogP) is 4.81. The lowest BCUT2D eigenvalue weighted by atomic mass is 9.96. The summed E-state index contributed by atoms with van der Waals surface area (Å²) in [5, 5.41) is 2.76. The number of carbonyl (C=O) groups excluding carboxylic acids is 1. The third-order valence-corrected chi connectivity index (χ3v) is 5.18. The zero-order valence-electron chi connectivity index (χ0n) is 12.5. The summed E-state index contributed by atoms with van der Waals surface area (Å²) >= 11 is 6.67. The van der Waals surface area contributed by atoms with Crippen LogP contribution in [0.5, 0.6) is 0 Å². The van der Waals surface area contributed by atoms with Gasteiger partial charge in [-0.05, 0) is 60.4 Å². The van der Waals surface area contributed by atoms with E-state index in [9.17, 15) is 18.0 Å². The van der Waals surface area contributed by atoms with E-state index in [1.165, 1.54) is 0 Å². The zero-order chi connectivity index (χ0) is 17.2. The fourth-order valence-electron chi connectivity index (χ4n) is 2.62. The fourth-order valence-corrected chi connectivity index (χ4v) is 3.77. The Kier molecular flexibility index (Phi) is 6.13. The fraction of sp³-hybridized carbons (Fsp3) is 0.533. The van der Waals surface area contributed by atoms with E-state index in [-0.39, 0.29) is 18.9 Å². The molecule has 1 heterocycles. The number of rotatable bonds is 3. The Morgan fingerprint density at radius 3 is 2.70 bits per heavy atom. The number of hydrogen-bond acceptors (Lipinski definition) is 2. The molecule has 8 heteroatoms. The van der Waals surface area contributed by atoms with Crippen LogP contribution < -0.4 is 5.32 Å². The van der Waals surface area contributed by atoms with Gasteiger partial charge >= 0.3 is 6.18 Å². The van der Waals surface area contributed by atoms with Crippen molar-refractivity contribution in [1.82, 2.24) is 4.90 Å². The number of alkyl halides is 3. The molecule has 1 saturated heterocycles. The molecule has 3 nitrogen and oxygen atoms in total. The molecule has 0 unspecified atom stereocenters. The highest BCUT2D eigenvalue weighted by atomic mass is 79.9. The van der Waals surface area contributed by atoms with Crippen molar-refractivity contribution < 1.29 is 18.0 Å². The van der Waals surface area contributed by atoms with Gasteiger partial charge in [0.25, 0.3) is 0 Å². The maximum atomic E-state index is 12.9. The van der Waals surface area contributed by atoms with E-state index < -0.39 is 18.1 Å². The van der Waals surface area contributed by atoms with Gasteiger partial charge in [0.1, 0.15) is 0 Å². The first-order chi connectivity index (χ1) is 10.7. The average molecular weight is 458 g/mol. The van der Waals surface area contributed by atoms with Gasteiger partial charge in [-0.15, -0.1) is 0 Å². The van der Waals surface area contributed by atoms with Crippen molar-refractivity contribution in [2.75, 3.05) is 18.4 Å². The van der Waals surface area contributed by atoms with Crippen LogP contribution in [0.3, 0.4) is 0 Å². The Balaban J connectivity index is 2.01. The summed E-state index contributed by atoms with van der Waals surface area (Å²) in [5.41, 5.74) is 0.592. The lowest BCUT2D eigenvalue weighted by molar-refractivity contribution is -0.188. The second-order valence-electron chi connectivity index (χ2n) is 5.67. The van der Waals surface area contributed by atoms with E-state index in [0.29, 0.717) is 23.1 Å². The number of likely N-dealkylation sites (tertiary alicyclic amines) is 1. The van der Waals surface area contributed by atoms with E-state index >= 15 is 0 Å². The van der Waals surface area contributed by atoms with E-state index in [0.717, 1.165) is 4.47 Å². The summed E-state index contributed by atoms with van der Waals surface area (Å²) in [6, 6.07) is 4.69. The van der Waals surface area contributed by atoms with Gasteiger partial charge in [-0.2, -0.15) is 13.2 Å². The quantitative estimate of drug-likeness (QED) is 0.706. The number of halogens is 5. The van der Waals surface area contributed by atoms with Crippen molar-refractivity contribution in [2.45, 2.75) is 32.0 Å². The summed E-state index contributed by atoms with van der Waals surface area (Å²) in [4.78, 5) is 13.9. The molecule has 2 rings (SSSR count). The molecular weight excluding hydrogens is 441 g/mol. The Morgan fingerprint density at radius 2 is 2.09 bits per heavy atom. The van der Waals surface area contributed by atoms with Crippen molar-refractivity contribution in [3.8, 4) is 0 Å². The molecule has 0 aromatic heterocycles. The predicted molar refractivity (Wildman–Crippen MR) is 90.3 cm³/mol. The number of amides is 1. The molecule has 1 aliphatic rings. The Hall–Kier alpha value is -0.600. The molecule has 0 aliphatic carbocycles. The number of piperidine rings is 1. The van der Waals surface area contributed by atoms with Crippen LogP contribution in [-0.2, 0) is 4.79 Å². The van der Waals surface area contributed by atoms with Crippen LogP contribution in [0.2, 0.25) is 0 Å². The number of hydrogen-bond donors (Lipinski definition) is 1. The van der Waals surface area contributed by atoms with Gasteiger partial charge in [-0.25, -0.2) is 0 Å². The Morgan fingerprint density at radius 1 is 1.39 bits per heavy atom. The third kappa shape index (κ3) is 4.93. The van der Waals surface area contributed by atoms with Gasteiger partial charge in [-0.1, -0.05) is 15.9 Å². The highest BCUT2D eigenvalue weighted by Gasteiger charge is 2.43. The summed E-state index contributed by atoms with van der Waals surface area (Å²) < 4.78 is 40.2. The molecule has 128 valence electrons. The van der Waals surface area contributed by atoms with Crippen molar-refractivity contribution in [3.63, 3.8) is 0 Å². The lowest BCUT2D eigenvalue weighted by Gasteiger charge is -2.36.